The van der Waals surface area contributed by atoms with Crippen LogP contribution >= 0.6 is 6.99 Å². The number of nitrogens with zero attached hydrogens (tertiary/aromatic N) is 1. The van der Waals surface area contributed by atoms with Gasteiger partial charge in [-0.15, -0.1) is 13.2 Å². The van der Waals surface area contributed by atoms with Crippen molar-refractivity contribution >= 4 is 18.8 Å². The zero-order chi connectivity index (χ0) is 4.71. The van der Waals surface area contributed by atoms with Gasteiger partial charge in [0.05, 0.1) is 0 Å². The molecule has 0 aliphatic carbocycles. The summed E-state index contributed by atoms with van der Waals surface area (Å²) in [6.07, 6.45) is 0. The average molecular weight is 105 g/mol. The van der Waals surface area contributed by atoms with Crippen molar-refractivity contribution < 1.29 is 0 Å². The van der Waals surface area contributed by atoms with E-state index in [0.29, 0.717) is 0 Å². The van der Waals surface area contributed by atoms with Gasteiger partial charge in [0.25, 0.3) is 0 Å². The molecule has 0 heterocycles. The van der Waals surface area contributed by atoms with Gasteiger partial charge in [0.1, 0.15) is 0 Å². The summed E-state index contributed by atoms with van der Waals surface area (Å²) in [6, 6.07) is 0. The molecule has 0 aliphatic rings. The van der Waals surface area contributed by atoms with Crippen LogP contribution in [0, 0.1) is 5.00 Å². The fourth-order valence-corrected chi connectivity index (χ4v) is 0. The predicted octanol–water partition coefficient (Wildman–Crippen LogP) is 1.68. The van der Waals surface area contributed by atoms with Gasteiger partial charge in [-0.3, -0.25) is 0 Å². The van der Waals surface area contributed by atoms with Gasteiger partial charge in [-0.1, -0.05) is 0 Å². The average Bonchev–Trinajstić information content (AvgIpc) is 1.46. The molecule has 0 aromatic rings. The first-order valence-corrected chi connectivity index (χ1v) is 2.74. The van der Waals surface area contributed by atoms with Gasteiger partial charge in [-0.05, 0) is 0 Å². The van der Waals surface area contributed by atoms with E-state index < -0.39 is 0 Å². The molecule has 1 nitrogen and oxygen atoms in total. The van der Waals surface area contributed by atoms with Crippen molar-refractivity contribution in [3.63, 3.8) is 0 Å². The van der Waals surface area contributed by atoms with Crippen molar-refractivity contribution in [1.82, 2.24) is 0 Å². The molecular weight excluding hydrogens is 101 g/mol. The van der Waals surface area contributed by atoms with Crippen molar-refractivity contribution in [1.29, 1.82) is 5.00 Å². The Hall–Kier alpha value is 0.1000. The van der Waals surface area contributed by atoms with E-state index >= 15 is 0 Å². The molecule has 0 rings (SSSR count). The molecule has 0 unspecified atom stereocenters. The molecule has 28 valence electrons. The van der Waals surface area contributed by atoms with E-state index in [1.165, 1.54) is 0 Å². The third kappa shape index (κ3) is 1810. The molecule has 0 amide bonds. The maximum atomic E-state index is 7.36. The van der Waals surface area contributed by atoms with Crippen molar-refractivity contribution in [3.8, 4) is 0 Å². The van der Waals surface area contributed by atoms with Crippen LogP contribution in [0.4, 0.5) is 0 Å². The minimum absolute atomic E-state index is 0. The summed E-state index contributed by atoms with van der Waals surface area (Å²) in [7, 11) is 0. The fourth-order valence-electron chi connectivity index (χ4n) is 0. The number of hydrogen-bond donors (Lipinski definition) is 0. The number of rotatable bonds is 0. The summed E-state index contributed by atoms with van der Waals surface area (Å²) in [5, 5.41) is 7.36. The summed E-state index contributed by atoms with van der Waals surface area (Å²) in [6.45, 7) is 6.00. The van der Waals surface area contributed by atoms with Crippen molar-refractivity contribution in [3.05, 3.63) is 13.2 Å². The fraction of sp³-hybridized carbons (Fsp3) is 0. The Labute approximate surface area is 37.7 Å². The molecule has 0 aromatic carbocycles. The van der Waals surface area contributed by atoms with E-state index in [-0.39, 0.29) is 6.99 Å². The Kier molecular flexibility index (Phi) is 58.1. The molecule has 0 atom stereocenters. The molecule has 0 spiro atoms. The molecule has 0 aromatic heterocycles. The zero-order valence-electron chi connectivity index (χ0n) is 2.72. The van der Waals surface area contributed by atoms with E-state index in [1.807, 2.05) is 0 Å². The first-order chi connectivity index (χ1) is 2.41. The van der Waals surface area contributed by atoms with Gasteiger partial charge in [0.2, 0.25) is 0 Å². The van der Waals surface area contributed by atoms with Crippen LogP contribution in [0.15, 0.2) is 13.2 Å². The Morgan fingerprint density at radius 1 is 1.60 bits per heavy atom. The van der Waals surface area contributed by atoms with Crippen LogP contribution in [0.5, 0.6) is 0 Å². The summed E-state index contributed by atoms with van der Waals surface area (Å²) in [4.78, 5) is 0. The predicted molar refractivity (Wildman–Crippen MR) is 27.3 cm³/mol. The summed E-state index contributed by atoms with van der Waals surface area (Å²) in [5.74, 6) is 0. The topological polar surface area (TPSA) is 23.8 Å². The minimum atomic E-state index is 0. The van der Waals surface area contributed by atoms with Gasteiger partial charge in [-0.25, -0.2) is 0 Å². The van der Waals surface area contributed by atoms with Gasteiger partial charge < -0.3 is 0 Å². The third-order valence-corrected chi connectivity index (χ3v) is 0. The molecule has 0 fully saturated rings. The maximum absolute atomic E-state index is 7.36. The molecule has 0 saturated heterocycles. The van der Waals surface area contributed by atoms with E-state index in [9.17, 15) is 0 Å². The molecule has 0 radical (unpaired) electrons. The monoisotopic (exact) mass is 105 g/mol. The molecule has 0 bridgehead atoms. The molecule has 0 saturated carbocycles. The van der Waals surface area contributed by atoms with Gasteiger partial charge in [0, 0.05) is 0 Å². The van der Waals surface area contributed by atoms with Gasteiger partial charge in [0.15, 0.2) is 0 Å². The van der Waals surface area contributed by atoms with Gasteiger partial charge in [-0.2, -0.15) is 0 Å². The molecule has 0 N–H and O–H groups in total. The van der Waals surface area contributed by atoms with Crippen molar-refractivity contribution in [2.45, 2.75) is 0 Å². The van der Waals surface area contributed by atoms with Crippen LogP contribution in [0.2, 0.25) is 0 Å². The summed E-state index contributed by atoms with van der Waals surface area (Å²) in [5.41, 5.74) is 0. The first kappa shape index (κ1) is 8.92. The Morgan fingerprint density at radius 2 is 1.60 bits per heavy atom. The standard InChI is InChI=1S/C2H4.NPS/c1-2;1-2-3/h1-2H2;. The van der Waals surface area contributed by atoms with Crippen LogP contribution in [-0.2, 0) is 11.8 Å². The van der Waals surface area contributed by atoms with Crippen molar-refractivity contribution in [2.75, 3.05) is 0 Å². The van der Waals surface area contributed by atoms with Crippen molar-refractivity contribution in [2.24, 2.45) is 0 Å². The van der Waals surface area contributed by atoms with E-state index in [2.05, 4.69) is 25.0 Å². The zero-order valence-corrected chi connectivity index (χ0v) is 4.43. The van der Waals surface area contributed by atoms with Crippen LogP contribution in [-0.4, -0.2) is 0 Å². The van der Waals surface area contributed by atoms with E-state index in [4.69, 9.17) is 5.00 Å². The van der Waals surface area contributed by atoms with Gasteiger partial charge >= 0.3 is 23.8 Å². The summed E-state index contributed by atoms with van der Waals surface area (Å²) < 4.78 is 0. The van der Waals surface area contributed by atoms with Crippen LogP contribution in [0.25, 0.3) is 0 Å². The number of hydrogen-bond acceptors (Lipinski definition) is 2. The normalized spacial score (nSPS) is 3.00. The second-order valence-electron chi connectivity index (χ2n) is 0.0816. The molecule has 5 heavy (non-hydrogen) atoms. The molecule has 3 heteroatoms. The third-order valence-electron chi connectivity index (χ3n) is 0. The Bertz CT molecular complexity index is 65.5. The quantitative estimate of drug-likeness (QED) is 0.345. The van der Waals surface area contributed by atoms with Crippen LogP contribution in [0.3, 0.4) is 0 Å². The van der Waals surface area contributed by atoms with Crippen LogP contribution < -0.4 is 0 Å². The van der Waals surface area contributed by atoms with E-state index in [0.717, 1.165) is 0 Å². The first-order valence-electron chi connectivity index (χ1n) is 0.883. The Balaban J connectivity index is 0. The second kappa shape index (κ2) is 32.6. The molecule has 0 aliphatic heterocycles. The Morgan fingerprint density at radius 3 is 1.60 bits per heavy atom. The second-order valence-corrected chi connectivity index (χ2v) is 0.735. The van der Waals surface area contributed by atoms with E-state index in [1.54, 1.807) is 0 Å². The summed E-state index contributed by atoms with van der Waals surface area (Å²) >= 11 is 3.92. The van der Waals surface area contributed by atoms with Crippen LogP contribution in [0.1, 0.15) is 0 Å². The SMILES string of the molecule is C=C.N#P=S. The molecular formula is C2H4NPS.